The summed E-state index contributed by atoms with van der Waals surface area (Å²) in [7, 11) is 1.51. The lowest BCUT2D eigenvalue weighted by atomic mass is 10.1. The van der Waals surface area contributed by atoms with Gasteiger partial charge in [0.1, 0.15) is 16.8 Å². The number of halogens is 1. The van der Waals surface area contributed by atoms with E-state index < -0.39 is 5.25 Å². The van der Waals surface area contributed by atoms with E-state index in [1.807, 2.05) is 0 Å². The molecule has 1 fully saturated rings. The fourth-order valence-electron chi connectivity index (χ4n) is 2.76. The highest BCUT2D eigenvalue weighted by molar-refractivity contribution is 8.14. The van der Waals surface area contributed by atoms with Crippen LogP contribution in [0, 0.1) is 5.82 Å². The van der Waals surface area contributed by atoms with Crippen LogP contribution in [0.2, 0.25) is 0 Å². The molecule has 29 heavy (non-hydrogen) atoms. The number of amides is 2. The van der Waals surface area contributed by atoms with Crippen LogP contribution >= 0.6 is 11.8 Å². The normalized spacial score (nSPS) is 17.8. The first-order valence-electron chi connectivity index (χ1n) is 8.70. The molecule has 0 aromatic heterocycles. The predicted molar refractivity (Wildman–Crippen MR) is 112 cm³/mol. The Morgan fingerprint density at radius 2 is 1.93 bits per heavy atom. The smallest absolute Gasteiger partial charge is 0.247 e. The number of hydrogen-bond acceptors (Lipinski definition) is 6. The molecule has 2 N–H and O–H groups in total. The minimum atomic E-state index is -0.682. The van der Waals surface area contributed by atoms with Gasteiger partial charge in [-0.15, -0.1) is 5.10 Å². The molecular formula is C20H19FN4O3S. The number of nitrogens with two attached hydrogens (primary N) is 1. The van der Waals surface area contributed by atoms with E-state index in [1.54, 1.807) is 43.3 Å². The van der Waals surface area contributed by atoms with Crippen LogP contribution in [0.25, 0.3) is 0 Å². The van der Waals surface area contributed by atoms with Gasteiger partial charge in [0.15, 0.2) is 5.17 Å². The molecule has 9 heteroatoms. The molecule has 1 saturated heterocycles. The summed E-state index contributed by atoms with van der Waals surface area (Å²) >= 11 is 0.984. The first kappa shape index (κ1) is 20.5. The van der Waals surface area contributed by atoms with Crippen molar-refractivity contribution in [2.24, 2.45) is 15.9 Å². The zero-order valence-corrected chi connectivity index (χ0v) is 16.6. The lowest BCUT2D eigenvalue weighted by Gasteiger charge is -2.15. The Morgan fingerprint density at radius 1 is 1.21 bits per heavy atom. The molecule has 1 heterocycles. The van der Waals surface area contributed by atoms with Gasteiger partial charge in [-0.3, -0.25) is 9.59 Å². The van der Waals surface area contributed by atoms with Gasteiger partial charge in [0, 0.05) is 12.5 Å². The summed E-state index contributed by atoms with van der Waals surface area (Å²) in [6, 6.07) is 12.5. The fraction of sp³-hybridized carbons (Fsp3) is 0.200. The highest BCUT2D eigenvalue weighted by Crippen LogP contribution is 2.31. The van der Waals surface area contributed by atoms with E-state index in [2.05, 4.69) is 10.2 Å². The van der Waals surface area contributed by atoms with Crippen LogP contribution in [0.5, 0.6) is 5.75 Å². The maximum atomic E-state index is 13.0. The van der Waals surface area contributed by atoms with E-state index in [4.69, 9.17) is 10.5 Å². The number of carbonyl (C=O) groups is 2. The Hall–Kier alpha value is -3.20. The van der Waals surface area contributed by atoms with Gasteiger partial charge >= 0.3 is 0 Å². The monoisotopic (exact) mass is 414 g/mol. The van der Waals surface area contributed by atoms with Gasteiger partial charge in [-0.05, 0) is 36.8 Å². The number of amidine groups is 1. The summed E-state index contributed by atoms with van der Waals surface area (Å²) in [5, 5.41) is 7.32. The molecule has 1 atom stereocenters. The summed E-state index contributed by atoms with van der Waals surface area (Å²) < 4.78 is 18.1. The molecule has 3 rings (SSSR count). The number of ether oxygens (including phenoxy) is 1. The van der Waals surface area contributed by atoms with E-state index >= 15 is 0 Å². The number of carbonyl (C=O) groups excluding carboxylic acids is 2. The van der Waals surface area contributed by atoms with E-state index in [-0.39, 0.29) is 29.2 Å². The Balaban J connectivity index is 1.70. The minimum Gasteiger partial charge on any atom is -0.497 e. The number of anilines is 1. The molecule has 1 unspecified atom stereocenters. The number of nitrogens with zero attached hydrogens (tertiary/aromatic N) is 3. The summed E-state index contributed by atoms with van der Waals surface area (Å²) in [5.41, 5.74) is 7.57. The van der Waals surface area contributed by atoms with E-state index in [0.717, 1.165) is 16.7 Å². The molecular weight excluding hydrogens is 395 g/mol. The van der Waals surface area contributed by atoms with Gasteiger partial charge in [-0.2, -0.15) is 5.10 Å². The summed E-state index contributed by atoms with van der Waals surface area (Å²) in [6.45, 7) is 1.71. The fourth-order valence-corrected chi connectivity index (χ4v) is 3.57. The summed E-state index contributed by atoms with van der Waals surface area (Å²) in [6.07, 6.45) is 0.0115. The second-order valence-corrected chi connectivity index (χ2v) is 7.43. The van der Waals surface area contributed by atoms with E-state index in [0.29, 0.717) is 22.7 Å². The zero-order valence-electron chi connectivity index (χ0n) is 15.8. The zero-order chi connectivity index (χ0) is 21.0. The standard InChI is InChI=1S/C20H19FN4O3S/c1-12(13-6-8-14(21)9-7-13)23-24-20(22)29-17-11-18(26)25(19(17)27)15-4-3-5-16(10-15)28-2/h3-10,17H,11H2,1-2H3,(H2,22,24)/b23-12+. The van der Waals surface area contributed by atoms with Crippen molar-refractivity contribution in [2.45, 2.75) is 18.6 Å². The van der Waals surface area contributed by atoms with Crippen molar-refractivity contribution < 1.29 is 18.7 Å². The van der Waals surface area contributed by atoms with Crippen LogP contribution in [-0.2, 0) is 9.59 Å². The number of imide groups is 1. The molecule has 7 nitrogen and oxygen atoms in total. The van der Waals surface area contributed by atoms with Crippen molar-refractivity contribution in [3.63, 3.8) is 0 Å². The van der Waals surface area contributed by atoms with Crippen molar-refractivity contribution in [3.05, 3.63) is 59.9 Å². The molecule has 0 bridgehead atoms. The first-order valence-corrected chi connectivity index (χ1v) is 9.58. The number of thioether (sulfide) groups is 1. The topological polar surface area (TPSA) is 97.3 Å². The quantitative estimate of drug-likeness (QED) is 0.351. The molecule has 0 aliphatic carbocycles. The van der Waals surface area contributed by atoms with E-state index in [9.17, 15) is 14.0 Å². The molecule has 1 aliphatic heterocycles. The lowest BCUT2D eigenvalue weighted by molar-refractivity contribution is -0.121. The third-order valence-electron chi connectivity index (χ3n) is 4.24. The average molecular weight is 414 g/mol. The summed E-state index contributed by atoms with van der Waals surface area (Å²) in [4.78, 5) is 26.2. The molecule has 0 saturated carbocycles. The Kier molecular flexibility index (Phi) is 6.28. The van der Waals surface area contributed by atoms with Gasteiger partial charge in [-0.1, -0.05) is 30.0 Å². The molecule has 0 radical (unpaired) electrons. The Labute approximate surface area is 171 Å². The van der Waals surface area contributed by atoms with Crippen molar-refractivity contribution in [3.8, 4) is 5.75 Å². The minimum absolute atomic E-state index is 0.0115. The maximum absolute atomic E-state index is 13.0. The van der Waals surface area contributed by atoms with Gasteiger partial charge in [0.05, 0.1) is 18.5 Å². The van der Waals surface area contributed by atoms with Crippen molar-refractivity contribution in [1.29, 1.82) is 0 Å². The Morgan fingerprint density at radius 3 is 2.62 bits per heavy atom. The molecule has 2 aromatic rings. The third-order valence-corrected chi connectivity index (χ3v) is 5.22. The maximum Gasteiger partial charge on any atom is 0.247 e. The highest BCUT2D eigenvalue weighted by Gasteiger charge is 2.40. The number of hydrogen-bond donors (Lipinski definition) is 1. The van der Waals surface area contributed by atoms with Crippen LogP contribution in [0.4, 0.5) is 10.1 Å². The number of benzene rings is 2. The van der Waals surface area contributed by atoms with Crippen molar-refractivity contribution in [2.75, 3.05) is 12.0 Å². The third kappa shape index (κ3) is 4.80. The van der Waals surface area contributed by atoms with Crippen molar-refractivity contribution in [1.82, 2.24) is 0 Å². The summed E-state index contributed by atoms with van der Waals surface area (Å²) in [5.74, 6) is -0.485. The van der Waals surface area contributed by atoms with Crippen molar-refractivity contribution >= 4 is 40.1 Å². The molecule has 2 amide bonds. The van der Waals surface area contributed by atoms with Crippen LogP contribution in [0.3, 0.4) is 0 Å². The van der Waals surface area contributed by atoms with Crippen LogP contribution in [-0.4, -0.2) is 35.1 Å². The van der Waals surface area contributed by atoms with E-state index in [1.165, 1.54) is 19.2 Å². The van der Waals surface area contributed by atoms with Gasteiger partial charge in [-0.25, -0.2) is 9.29 Å². The molecule has 150 valence electrons. The second-order valence-electron chi connectivity index (χ2n) is 6.21. The number of rotatable bonds is 5. The van der Waals surface area contributed by atoms with Crippen LogP contribution in [0.15, 0.2) is 58.7 Å². The molecule has 0 spiro atoms. The highest BCUT2D eigenvalue weighted by atomic mass is 32.2. The van der Waals surface area contributed by atoms with Gasteiger partial charge in [0.2, 0.25) is 11.8 Å². The second kappa shape index (κ2) is 8.87. The molecule has 2 aromatic carbocycles. The predicted octanol–water partition coefficient (Wildman–Crippen LogP) is 2.94. The van der Waals surface area contributed by atoms with Gasteiger partial charge < -0.3 is 10.5 Å². The number of methoxy groups -OCH3 is 1. The largest absolute Gasteiger partial charge is 0.497 e. The van der Waals surface area contributed by atoms with Crippen LogP contribution in [0.1, 0.15) is 18.9 Å². The SMILES string of the molecule is COc1cccc(N2C(=O)CC(SC(N)=N/N=C(\C)c3ccc(F)cc3)C2=O)c1. The first-order chi connectivity index (χ1) is 13.9. The lowest BCUT2D eigenvalue weighted by Crippen LogP contribution is -2.31. The Bertz CT molecular complexity index is 991. The average Bonchev–Trinajstić information content (AvgIpc) is 2.99. The van der Waals surface area contributed by atoms with Gasteiger partial charge in [0.25, 0.3) is 0 Å². The van der Waals surface area contributed by atoms with Crippen LogP contribution < -0.4 is 15.4 Å². The molecule has 1 aliphatic rings.